The van der Waals surface area contributed by atoms with Crippen LogP contribution in [0.5, 0.6) is 0 Å². The normalized spacial score (nSPS) is 11.3. The molecule has 2 nitrogen and oxygen atoms in total. The number of carbonyl (C=O) groups excluding carboxylic acids is 1. The van der Waals surface area contributed by atoms with Crippen LogP contribution in [0.15, 0.2) is 24.3 Å². The van der Waals surface area contributed by atoms with E-state index in [0.717, 1.165) is 31.7 Å². The Kier molecular flexibility index (Phi) is 6.39. The molecule has 0 amide bonds. The summed E-state index contributed by atoms with van der Waals surface area (Å²) in [6.45, 7) is 0.829. The number of rotatable bonds is 8. The van der Waals surface area contributed by atoms with E-state index in [1.165, 1.54) is 12.1 Å². The number of alkyl halides is 3. The van der Waals surface area contributed by atoms with Crippen LogP contribution in [0.3, 0.4) is 0 Å². The fourth-order valence-electron chi connectivity index (χ4n) is 1.82. The molecule has 1 rings (SSSR count). The van der Waals surface area contributed by atoms with Crippen molar-refractivity contribution in [3.63, 3.8) is 0 Å². The van der Waals surface area contributed by atoms with Gasteiger partial charge in [0.05, 0.1) is 12.2 Å². The molecule has 0 spiro atoms. The Bertz CT molecular complexity index is 389. The Hall–Kier alpha value is -1.52. The summed E-state index contributed by atoms with van der Waals surface area (Å²) < 4.78 is 42.0. The van der Waals surface area contributed by atoms with Gasteiger partial charge in [-0.3, -0.25) is 4.79 Å². The summed E-state index contributed by atoms with van der Waals surface area (Å²) in [6.07, 6.45) is -0.185. The highest BCUT2D eigenvalue weighted by molar-refractivity contribution is 5.36. The van der Waals surface area contributed by atoms with Gasteiger partial charge in [0.25, 0.3) is 6.47 Å². The van der Waals surface area contributed by atoms with E-state index in [1.807, 2.05) is 0 Å². The SMILES string of the molecule is O=COCCCCCCc1cccc(C(F)(F)F)c1. The van der Waals surface area contributed by atoms with E-state index >= 15 is 0 Å². The van der Waals surface area contributed by atoms with Gasteiger partial charge < -0.3 is 4.74 Å². The van der Waals surface area contributed by atoms with Crippen LogP contribution < -0.4 is 0 Å². The molecule has 106 valence electrons. The van der Waals surface area contributed by atoms with Crippen molar-refractivity contribution < 1.29 is 22.7 Å². The first-order valence-corrected chi connectivity index (χ1v) is 6.25. The Balaban J connectivity index is 2.28. The van der Waals surface area contributed by atoms with Crippen molar-refractivity contribution in [3.05, 3.63) is 35.4 Å². The maximum absolute atomic E-state index is 12.5. The van der Waals surface area contributed by atoms with Crippen molar-refractivity contribution in [3.8, 4) is 0 Å². The lowest BCUT2D eigenvalue weighted by Gasteiger charge is -2.08. The van der Waals surface area contributed by atoms with E-state index in [2.05, 4.69) is 4.74 Å². The van der Waals surface area contributed by atoms with E-state index in [9.17, 15) is 18.0 Å². The molecule has 0 bridgehead atoms. The van der Waals surface area contributed by atoms with Crippen LogP contribution in [0.25, 0.3) is 0 Å². The Morgan fingerprint density at radius 3 is 2.53 bits per heavy atom. The molecule has 0 unspecified atom stereocenters. The summed E-state index contributed by atoms with van der Waals surface area (Å²) in [4.78, 5) is 9.88. The van der Waals surface area contributed by atoms with Crippen molar-refractivity contribution in [2.75, 3.05) is 6.61 Å². The molecule has 0 aliphatic carbocycles. The molecule has 5 heteroatoms. The number of carbonyl (C=O) groups is 1. The van der Waals surface area contributed by atoms with Gasteiger partial charge in [-0.25, -0.2) is 0 Å². The fourth-order valence-corrected chi connectivity index (χ4v) is 1.82. The molecule has 1 aromatic carbocycles. The lowest BCUT2D eigenvalue weighted by atomic mass is 10.0. The molecular weight excluding hydrogens is 257 g/mol. The lowest BCUT2D eigenvalue weighted by molar-refractivity contribution is -0.137. The van der Waals surface area contributed by atoms with Crippen molar-refractivity contribution >= 4 is 6.47 Å². The summed E-state index contributed by atoms with van der Waals surface area (Å²) >= 11 is 0. The predicted molar refractivity (Wildman–Crippen MR) is 65.6 cm³/mol. The van der Waals surface area contributed by atoms with Crippen LogP contribution in [0.2, 0.25) is 0 Å². The number of halogens is 3. The number of benzene rings is 1. The van der Waals surface area contributed by atoms with Crippen LogP contribution in [-0.2, 0) is 22.1 Å². The van der Waals surface area contributed by atoms with Crippen LogP contribution in [0.1, 0.15) is 36.8 Å². The Morgan fingerprint density at radius 2 is 1.84 bits per heavy atom. The van der Waals surface area contributed by atoms with Gasteiger partial charge in [-0.2, -0.15) is 13.2 Å². The van der Waals surface area contributed by atoms with E-state index in [1.54, 1.807) is 6.07 Å². The third-order valence-corrected chi connectivity index (χ3v) is 2.80. The van der Waals surface area contributed by atoms with Gasteiger partial charge in [-0.15, -0.1) is 0 Å². The van der Waals surface area contributed by atoms with Crippen molar-refractivity contribution in [1.29, 1.82) is 0 Å². The van der Waals surface area contributed by atoms with E-state index in [4.69, 9.17) is 0 Å². The average Bonchev–Trinajstić information content (AvgIpc) is 2.37. The quantitative estimate of drug-likeness (QED) is 0.529. The molecule has 0 saturated carbocycles. The van der Waals surface area contributed by atoms with Gasteiger partial charge in [0.2, 0.25) is 0 Å². The van der Waals surface area contributed by atoms with Crippen molar-refractivity contribution in [1.82, 2.24) is 0 Å². The molecule has 0 heterocycles. The van der Waals surface area contributed by atoms with Crippen molar-refractivity contribution in [2.45, 2.75) is 38.3 Å². The topological polar surface area (TPSA) is 26.3 Å². The minimum absolute atomic E-state index is 0.410. The van der Waals surface area contributed by atoms with E-state index in [0.29, 0.717) is 25.1 Å². The van der Waals surface area contributed by atoms with Crippen LogP contribution in [-0.4, -0.2) is 13.1 Å². The second-order valence-electron chi connectivity index (χ2n) is 4.33. The Morgan fingerprint density at radius 1 is 1.11 bits per heavy atom. The summed E-state index contributed by atoms with van der Waals surface area (Å²) in [7, 11) is 0. The average molecular weight is 274 g/mol. The molecule has 0 fully saturated rings. The molecule has 0 atom stereocenters. The number of ether oxygens (including phenoxy) is 1. The summed E-state index contributed by atoms with van der Waals surface area (Å²) in [5.41, 5.74) is 0.114. The van der Waals surface area contributed by atoms with E-state index < -0.39 is 11.7 Å². The smallest absolute Gasteiger partial charge is 0.416 e. The molecule has 0 aliphatic rings. The maximum atomic E-state index is 12.5. The number of aryl methyl sites for hydroxylation is 1. The number of hydrogen-bond acceptors (Lipinski definition) is 2. The van der Waals surface area contributed by atoms with Gasteiger partial charge in [-0.1, -0.05) is 31.0 Å². The number of unbranched alkanes of at least 4 members (excludes halogenated alkanes) is 3. The highest BCUT2D eigenvalue weighted by atomic mass is 19.4. The standard InChI is InChI=1S/C14H17F3O2/c15-14(16,17)13-8-5-7-12(10-13)6-3-1-2-4-9-19-11-18/h5,7-8,10-11H,1-4,6,9H2. The fraction of sp³-hybridized carbons (Fsp3) is 0.500. The third-order valence-electron chi connectivity index (χ3n) is 2.80. The molecule has 19 heavy (non-hydrogen) atoms. The highest BCUT2D eigenvalue weighted by Crippen LogP contribution is 2.29. The molecule has 1 aromatic rings. The molecular formula is C14H17F3O2. The van der Waals surface area contributed by atoms with Gasteiger partial charge in [0.15, 0.2) is 0 Å². The number of hydrogen-bond donors (Lipinski definition) is 0. The first-order valence-electron chi connectivity index (χ1n) is 6.25. The largest absolute Gasteiger partial charge is 0.468 e. The zero-order chi connectivity index (χ0) is 14.1. The van der Waals surface area contributed by atoms with Crippen LogP contribution in [0, 0.1) is 0 Å². The molecule has 0 saturated heterocycles. The highest BCUT2D eigenvalue weighted by Gasteiger charge is 2.30. The zero-order valence-corrected chi connectivity index (χ0v) is 10.6. The van der Waals surface area contributed by atoms with Gasteiger partial charge in [0, 0.05) is 0 Å². The zero-order valence-electron chi connectivity index (χ0n) is 10.6. The van der Waals surface area contributed by atoms with Crippen LogP contribution in [0.4, 0.5) is 13.2 Å². The second kappa shape index (κ2) is 7.81. The van der Waals surface area contributed by atoms with E-state index in [-0.39, 0.29) is 0 Å². The minimum Gasteiger partial charge on any atom is -0.468 e. The lowest BCUT2D eigenvalue weighted by Crippen LogP contribution is -2.05. The first kappa shape index (κ1) is 15.5. The van der Waals surface area contributed by atoms with Crippen molar-refractivity contribution in [2.24, 2.45) is 0 Å². The molecule has 0 radical (unpaired) electrons. The van der Waals surface area contributed by atoms with Crippen LogP contribution >= 0.6 is 0 Å². The van der Waals surface area contributed by atoms with Gasteiger partial charge >= 0.3 is 6.18 Å². The maximum Gasteiger partial charge on any atom is 0.416 e. The predicted octanol–water partition coefficient (Wildman–Crippen LogP) is 3.98. The first-order chi connectivity index (χ1) is 9.04. The minimum atomic E-state index is -4.28. The molecule has 0 aliphatic heterocycles. The molecule has 0 aromatic heterocycles. The second-order valence-corrected chi connectivity index (χ2v) is 4.33. The summed E-state index contributed by atoms with van der Waals surface area (Å²) in [5, 5.41) is 0. The molecule has 0 N–H and O–H groups in total. The third kappa shape index (κ3) is 6.27. The monoisotopic (exact) mass is 274 g/mol. The van der Waals surface area contributed by atoms with Gasteiger partial charge in [-0.05, 0) is 30.9 Å². The van der Waals surface area contributed by atoms with Gasteiger partial charge in [0.1, 0.15) is 0 Å². The summed E-state index contributed by atoms with van der Waals surface area (Å²) in [6, 6.07) is 5.44. The Labute approximate surface area is 110 Å². The summed E-state index contributed by atoms with van der Waals surface area (Å²) in [5.74, 6) is 0.